The summed E-state index contributed by atoms with van der Waals surface area (Å²) in [5.74, 6) is 0.839. The van der Waals surface area contributed by atoms with Crippen LogP contribution < -0.4 is 10.6 Å². The van der Waals surface area contributed by atoms with Gasteiger partial charge < -0.3 is 15.6 Å². The Kier molecular flexibility index (Phi) is 7.89. The van der Waals surface area contributed by atoms with Crippen LogP contribution in [0.5, 0.6) is 0 Å². The van der Waals surface area contributed by atoms with Crippen molar-refractivity contribution in [1.82, 2.24) is 20.6 Å². The number of aliphatic imine (C=N–C) groups is 1. The number of hydrogen-bond donors (Lipinski definition) is 3. The minimum absolute atomic E-state index is 0. The molecular weight excluding hydrogens is 457 g/mol. The zero-order chi connectivity index (χ0) is 17.6. The average molecular weight is 483 g/mol. The zero-order valence-electron chi connectivity index (χ0n) is 15.4. The van der Waals surface area contributed by atoms with Gasteiger partial charge in [0.2, 0.25) is 0 Å². The highest BCUT2D eigenvalue weighted by Crippen LogP contribution is 2.21. The molecule has 3 rings (SSSR count). The van der Waals surface area contributed by atoms with Gasteiger partial charge in [0.1, 0.15) is 0 Å². The summed E-state index contributed by atoms with van der Waals surface area (Å²) in [6.45, 7) is 5.90. The van der Waals surface area contributed by atoms with Crippen LogP contribution in [-0.2, 0) is 12.8 Å². The molecule has 0 fully saturated rings. The fourth-order valence-corrected chi connectivity index (χ4v) is 3.77. The van der Waals surface area contributed by atoms with E-state index in [9.17, 15) is 0 Å². The Bertz CT molecular complexity index is 868. The van der Waals surface area contributed by atoms with Gasteiger partial charge >= 0.3 is 0 Å². The van der Waals surface area contributed by atoms with Crippen molar-refractivity contribution in [3.63, 3.8) is 0 Å². The summed E-state index contributed by atoms with van der Waals surface area (Å²) in [5.41, 5.74) is 3.82. The van der Waals surface area contributed by atoms with Crippen molar-refractivity contribution < 1.29 is 0 Å². The Morgan fingerprint density at radius 2 is 1.88 bits per heavy atom. The first kappa shape index (κ1) is 20.7. The monoisotopic (exact) mass is 483 g/mol. The normalized spacial score (nSPS) is 11.4. The first-order chi connectivity index (χ1) is 12.2. The summed E-state index contributed by atoms with van der Waals surface area (Å²) in [6.07, 6.45) is 3.81. The number of aromatic amines is 1. The fraction of sp³-hybridized carbons (Fsp3) is 0.368. The number of aryl methyl sites for hydroxylation is 2. The van der Waals surface area contributed by atoms with Gasteiger partial charge in [-0.1, -0.05) is 18.2 Å². The van der Waals surface area contributed by atoms with E-state index in [2.05, 4.69) is 63.7 Å². The molecule has 0 saturated heterocycles. The second-order valence-corrected chi connectivity index (χ2v) is 7.38. The van der Waals surface area contributed by atoms with Gasteiger partial charge in [-0.2, -0.15) is 0 Å². The number of halogens is 1. The Balaban J connectivity index is 0.00000243. The topological polar surface area (TPSA) is 65.1 Å². The molecule has 0 bridgehead atoms. The van der Waals surface area contributed by atoms with Crippen LogP contribution in [0.3, 0.4) is 0 Å². The summed E-state index contributed by atoms with van der Waals surface area (Å²) in [4.78, 5) is 13.4. The highest BCUT2D eigenvalue weighted by Gasteiger charge is 2.08. The van der Waals surface area contributed by atoms with E-state index >= 15 is 0 Å². The number of benzene rings is 1. The maximum Gasteiger partial charge on any atom is 0.191 e. The maximum atomic E-state index is 4.39. The summed E-state index contributed by atoms with van der Waals surface area (Å²) >= 11 is 1.75. The van der Waals surface area contributed by atoms with Crippen LogP contribution in [0.2, 0.25) is 0 Å². The molecule has 5 nitrogen and oxygen atoms in total. The van der Waals surface area contributed by atoms with Gasteiger partial charge in [-0.15, -0.1) is 35.3 Å². The molecule has 0 radical (unpaired) electrons. The van der Waals surface area contributed by atoms with Crippen LogP contribution in [0.15, 0.2) is 35.5 Å². The van der Waals surface area contributed by atoms with Gasteiger partial charge in [-0.05, 0) is 31.9 Å². The minimum atomic E-state index is 0. The van der Waals surface area contributed by atoms with Gasteiger partial charge in [-0.25, -0.2) is 4.98 Å². The van der Waals surface area contributed by atoms with Crippen molar-refractivity contribution in [2.45, 2.75) is 26.7 Å². The van der Waals surface area contributed by atoms with E-state index < -0.39 is 0 Å². The number of rotatable bonds is 6. The molecular formula is C19H26IN5S. The number of hydrogen-bond acceptors (Lipinski definition) is 3. The third-order valence-corrected chi connectivity index (χ3v) is 5.19. The third kappa shape index (κ3) is 5.20. The van der Waals surface area contributed by atoms with E-state index in [-0.39, 0.29) is 24.0 Å². The highest BCUT2D eigenvalue weighted by atomic mass is 127. The molecule has 140 valence electrons. The molecule has 0 amide bonds. The van der Waals surface area contributed by atoms with Crippen molar-refractivity contribution in [2.75, 3.05) is 20.1 Å². The predicted octanol–water partition coefficient (Wildman–Crippen LogP) is 3.81. The lowest BCUT2D eigenvalue weighted by Gasteiger charge is -2.11. The van der Waals surface area contributed by atoms with E-state index in [0.29, 0.717) is 0 Å². The number of thiazole rings is 1. The summed E-state index contributed by atoms with van der Waals surface area (Å²) in [5, 5.41) is 9.23. The maximum absolute atomic E-state index is 4.39. The number of fused-ring (bicyclic) bond motifs is 1. The van der Waals surface area contributed by atoms with Crippen molar-refractivity contribution >= 4 is 52.2 Å². The third-order valence-electron chi connectivity index (χ3n) is 4.22. The smallest absolute Gasteiger partial charge is 0.191 e. The van der Waals surface area contributed by atoms with Crippen molar-refractivity contribution in [1.29, 1.82) is 0 Å². The highest BCUT2D eigenvalue weighted by molar-refractivity contribution is 14.0. The van der Waals surface area contributed by atoms with Crippen LogP contribution in [0.4, 0.5) is 0 Å². The number of nitrogens with one attached hydrogen (secondary N) is 3. The van der Waals surface area contributed by atoms with E-state index in [0.717, 1.165) is 36.9 Å². The largest absolute Gasteiger partial charge is 0.358 e. The molecule has 0 aliphatic heterocycles. The second-order valence-electron chi connectivity index (χ2n) is 6.06. The van der Waals surface area contributed by atoms with Crippen molar-refractivity contribution in [2.24, 2.45) is 4.99 Å². The molecule has 3 N–H and O–H groups in total. The van der Waals surface area contributed by atoms with E-state index in [1.807, 2.05) is 6.20 Å². The minimum Gasteiger partial charge on any atom is -0.358 e. The molecule has 0 atom stereocenters. The molecule has 0 aliphatic rings. The molecule has 0 unspecified atom stereocenters. The van der Waals surface area contributed by atoms with Gasteiger partial charge in [0.15, 0.2) is 5.96 Å². The van der Waals surface area contributed by atoms with Gasteiger partial charge in [0, 0.05) is 54.2 Å². The fourth-order valence-electron chi connectivity index (χ4n) is 2.99. The number of H-pyrrole nitrogens is 1. The van der Waals surface area contributed by atoms with Crippen molar-refractivity contribution in [3.8, 4) is 0 Å². The van der Waals surface area contributed by atoms with Crippen LogP contribution >= 0.6 is 35.3 Å². The average Bonchev–Trinajstić information content (AvgIpc) is 3.16. The SMILES string of the molecule is CN=C(NCCc1ncc(C)s1)NCCc1c(C)[nH]c2ccccc12.I. The Morgan fingerprint density at radius 3 is 2.58 bits per heavy atom. The molecule has 2 heterocycles. The number of para-hydroxylation sites is 1. The van der Waals surface area contributed by atoms with Crippen LogP contribution in [-0.4, -0.2) is 36.1 Å². The molecule has 1 aromatic carbocycles. The first-order valence-electron chi connectivity index (χ1n) is 8.59. The lowest BCUT2D eigenvalue weighted by atomic mass is 10.1. The lowest BCUT2D eigenvalue weighted by Crippen LogP contribution is -2.39. The molecule has 3 aromatic rings. The van der Waals surface area contributed by atoms with E-state index in [4.69, 9.17) is 0 Å². The number of guanidine groups is 1. The molecule has 7 heteroatoms. The van der Waals surface area contributed by atoms with Crippen LogP contribution in [0.1, 0.15) is 21.1 Å². The quantitative estimate of drug-likeness (QED) is 0.284. The molecule has 0 spiro atoms. The molecule has 26 heavy (non-hydrogen) atoms. The molecule has 0 saturated carbocycles. The summed E-state index contributed by atoms with van der Waals surface area (Å²) in [7, 11) is 1.81. The van der Waals surface area contributed by atoms with E-state index in [1.165, 1.54) is 27.0 Å². The lowest BCUT2D eigenvalue weighted by molar-refractivity contribution is 0.782. The standard InChI is InChI=1S/C19H25N5S.HI/c1-13-12-23-18(25-13)9-11-22-19(20-3)21-10-8-15-14(2)24-17-7-5-4-6-16(15)17;/h4-7,12,24H,8-11H2,1-3H3,(H2,20,21,22);1H. The van der Waals surface area contributed by atoms with Crippen LogP contribution in [0.25, 0.3) is 10.9 Å². The first-order valence-corrected chi connectivity index (χ1v) is 9.41. The zero-order valence-corrected chi connectivity index (χ0v) is 18.6. The Hall–Kier alpha value is -1.61. The molecule has 2 aromatic heterocycles. The number of aromatic nitrogens is 2. The Morgan fingerprint density at radius 1 is 1.15 bits per heavy atom. The second kappa shape index (κ2) is 9.91. The van der Waals surface area contributed by atoms with Gasteiger partial charge in [0.05, 0.1) is 5.01 Å². The van der Waals surface area contributed by atoms with Crippen LogP contribution in [0, 0.1) is 13.8 Å². The summed E-state index contributed by atoms with van der Waals surface area (Å²) < 4.78 is 0. The van der Waals surface area contributed by atoms with E-state index in [1.54, 1.807) is 18.4 Å². The summed E-state index contributed by atoms with van der Waals surface area (Å²) in [6, 6.07) is 8.46. The Labute approximate surface area is 175 Å². The number of nitrogens with zero attached hydrogens (tertiary/aromatic N) is 2. The van der Waals surface area contributed by atoms with Gasteiger partial charge in [-0.3, -0.25) is 4.99 Å². The predicted molar refractivity (Wildman–Crippen MR) is 122 cm³/mol. The van der Waals surface area contributed by atoms with Crippen molar-refractivity contribution in [3.05, 3.63) is 51.6 Å². The molecule has 0 aliphatic carbocycles. The van der Waals surface area contributed by atoms with Gasteiger partial charge in [0.25, 0.3) is 0 Å².